The van der Waals surface area contributed by atoms with E-state index in [1.165, 1.54) is 11.1 Å². The third-order valence-corrected chi connectivity index (χ3v) is 2.81. The number of aryl methyl sites for hydroxylation is 3. The molecule has 1 aromatic carbocycles. The minimum atomic E-state index is 0.797. The van der Waals surface area contributed by atoms with Crippen LogP contribution in [-0.2, 0) is 6.42 Å². The van der Waals surface area contributed by atoms with E-state index in [9.17, 15) is 0 Å². The predicted molar refractivity (Wildman–Crippen MR) is 59.5 cm³/mol. The Hall–Kier alpha value is -1.44. The summed E-state index contributed by atoms with van der Waals surface area (Å²) in [5.41, 5.74) is 10.1. The highest BCUT2D eigenvalue weighted by Gasteiger charge is 2.12. The summed E-state index contributed by atoms with van der Waals surface area (Å²) in [6.07, 6.45) is 0.846. The van der Waals surface area contributed by atoms with E-state index >= 15 is 0 Å². The maximum atomic E-state index is 5.97. The highest BCUT2D eigenvalue weighted by molar-refractivity contribution is 5.93. The van der Waals surface area contributed by atoms with Gasteiger partial charge in [0.25, 0.3) is 0 Å². The zero-order chi connectivity index (χ0) is 10.3. The second-order valence-corrected chi connectivity index (χ2v) is 3.68. The molecule has 74 valence electrons. The highest BCUT2D eigenvalue weighted by Crippen LogP contribution is 2.31. The van der Waals surface area contributed by atoms with Crippen LogP contribution < -0.4 is 5.73 Å². The molecule has 0 radical (unpaired) electrons. The topological polar surface area (TPSA) is 39.2 Å². The maximum Gasteiger partial charge on any atom is 0.139 e. The molecule has 2 aromatic rings. The molecule has 0 unspecified atom stereocenters. The first-order chi connectivity index (χ1) is 6.65. The van der Waals surface area contributed by atoms with Crippen LogP contribution in [0.1, 0.15) is 23.8 Å². The van der Waals surface area contributed by atoms with Gasteiger partial charge in [-0.3, -0.25) is 0 Å². The second-order valence-electron chi connectivity index (χ2n) is 3.68. The summed E-state index contributed by atoms with van der Waals surface area (Å²) in [5, 5.41) is 1.05. The molecule has 2 heteroatoms. The zero-order valence-corrected chi connectivity index (χ0v) is 8.85. The number of hydrogen-bond donors (Lipinski definition) is 1. The second kappa shape index (κ2) is 3.05. The van der Waals surface area contributed by atoms with Gasteiger partial charge in [0, 0.05) is 11.8 Å². The van der Waals surface area contributed by atoms with E-state index in [1.807, 2.05) is 6.07 Å². The molecule has 2 nitrogen and oxygen atoms in total. The Morgan fingerprint density at radius 1 is 1.29 bits per heavy atom. The first-order valence-corrected chi connectivity index (χ1v) is 4.92. The van der Waals surface area contributed by atoms with E-state index < -0.39 is 0 Å². The van der Waals surface area contributed by atoms with Gasteiger partial charge in [-0.2, -0.15) is 0 Å². The van der Waals surface area contributed by atoms with E-state index in [4.69, 9.17) is 10.2 Å². The Labute approximate surface area is 83.7 Å². The number of fused-ring (bicyclic) bond motifs is 1. The molecule has 2 rings (SSSR count). The van der Waals surface area contributed by atoms with Gasteiger partial charge < -0.3 is 10.2 Å². The molecule has 0 aliphatic carbocycles. The largest absolute Gasteiger partial charge is 0.459 e. The fraction of sp³-hybridized carbons (Fsp3) is 0.333. The number of nitrogens with two attached hydrogens (primary N) is 1. The molecule has 0 amide bonds. The van der Waals surface area contributed by atoms with Crippen molar-refractivity contribution in [2.24, 2.45) is 0 Å². The molecule has 14 heavy (non-hydrogen) atoms. The van der Waals surface area contributed by atoms with Crippen LogP contribution in [0.4, 0.5) is 5.69 Å². The fourth-order valence-corrected chi connectivity index (χ4v) is 1.72. The average molecular weight is 189 g/mol. The van der Waals surface area contributed by atoms with Crippen molar-refractivity contribution in [2.45, 2.75) is 27.2 Å². The molecule has 0 saturated carbocycles. The summed E-state index contributed by atoms with van der Waals surface area (Å²) in [5.74, 6) is 0.897. The number of hydrogen-bond acceptors (Lipinski definition) is 2. The van der Waals surface area contributed by atoms with Crippen molar-refractivity contribution < 1.29 is 4.42 Å². The van der Waals surface area contributed by atoms with Crippen molar-refractivity contribution in [3.63, 3.8) is 0 Å². The Morgan fingerprint density at radius 2 is 2.00 bits per heavy atom. The molecule has 1 aromatic heterocycles. The van der Waals surface area contributed by atoms with Gasteiger partial charge in [-0.25, -0.2) is 0 Å². The Bertz CT molecular complexity index is 483. The van der Waals surface area contributed by atoms with Crippen LogP contribution in [0.15, 0.2) is 16.5 Å². The maximum absolute atomic E-state index is 5.97. The predicted octanol–water partition coefficient (Wildman–Crippen LogP) is 3.19. The first-order valence-electron chi connectivity index (χ1n) is 4.92. The summed E-state index contributed by atoms with van der Waals surface area (Å²) in [6.45, 7) is 6.20. The van der Waals surface area contributed by atoms with Crippen molar-refractivity contribution in [3.05, 3.63) is 29.0 Å². The van der Waals surface area contributed by atoms with Crippen LogP contribution in [0, 0.1) is 13.8 Å². The number of benzene rings is 1. The first kappa shape index (κ1) is 9.13. The van der Waals surface area contributed by atoms with Crippen molar-refractivity contribution in [1.82, 2.24) is 0 Å². The zero-order valence-electron chi connectivity index (χ0n) is 8.85. The SMILES string of the molecule is CCc1oc2c(C)c(C)ccc2c1N. The van der Waals surface area contributed by atoms with E-state index in [1.54, 1.807) is 0 Å². The van der Waals surface area contributed by atoms with Crippen LogP contribution in [0.5, 0.6) is 0 Å². The van der Waals surface area contributed by atoms with Crippen LogP contribution in [-0.4, -0.2) is 0 Å². The molecule has 2 N–H and O–H groups in total. The Kier molecular flexibility index (Phi) is 1.99. The molecule has 0 spiro atoms. The van der Waals surface area contributed by atoms with Gasteiger partial charge in [-0.05, 0) is 31.0 Å². The van der Waals surface area contributed by atoms with Gasteiger partial charge >= 0.3 is 0 Å². The lowest BCUT2D eigenvalue weighted by molar-refractivity contribution is 0.557. The lowest BCUT2D eigenvalue weighted by Gasteiger charge is -1.98. The molecule has 0 fully saturated rings. The van der Waals surface area contributed by atoms with Gasteiger partial charge in [0.2, 0.25) is 0 Å². The van der Waals surface area contributed by atoms with E-state index in [0.717, 1.165) is 28.8 Å². The normalized spacial score (nSPS) is 11.1. The summed E-state index contributed by atoms with van der Waals surface area (Å²) < 4.78 is 5.73. The standard InChI is InChI=1S/C12H15NO/c1-4-10-11(13)9-6-5-7(2)8(3)12(9)14-10/h5-6H,4,13H2,1-3H3. The summed E-state index contributed by atoms with van der Waals surface area (Å²) in [7, 11) is 0. The number of nitrogen functional groups attached to an aromatic ring is 1. The van der Waals surface area contributed by atoms with E-state index in [0.29, 0.717) is 0 Å². The molecule has 0 bridgehead atoms. The molecule has 0 saturated heterocycles. The van der Waals surface area contributed by atoms with Gasteiger partial charge in [-0.15, -0.1) is 0 Å². The number of furan rings is 1. The molecule has 0 aliphatic rings. The molecular formula is C12H15NO. The van der Waals surface area contributed by atoms with Crippen molar-refractivity contribution in [3.8, 4) is 0 Å². The van der Waals surface area contributed by atoms with Crippen molar-refractivity contribution in [2.75, 3.05) is 5.73 Å². The van der Waals surface area contributed by atoms with Gasteiger partial charge in [0.05, 0.1) is 5.69 Å². The third-order valence-electron chi connectivity index (χ3n) is 2.81. The van der Waals surface area contributed by atoms with Gasteiger partial charge in [0.15, 0.2) is 0 Å². The van der Waals surface area contributed by atoms with Crippen LogP contribution in [0.2, 0.25) is 0 Å². The lowest BCUT2D eigenvalue weighted by Crippen LogP contribution is -1.87. The van der Waals surface area contributed by atoms with E-state index in [-0.39, 0.29) is 0 Å². The minimum absolute atomic E-state index is 0.797. The van der Waals surface area contributed by atoms with Crippen LogP contribution in [0.3, 0.4) is 0 Å². The highest BCUT2D eigenvalue weighted by atomic mass is 16.3. The number of rotatable bonds is 1. The quantitative estimate of drug-likeness (QED) is 0.748. The van der Waals surface area contributed by atoms with Crippen molar-refractivity contribution in [1.29, 1.82) is 0 Å². The smallest absolute Gasteiger partial charge is 0.139 e. The Balaban J connectivity index is 2.85. The van der Waals surface area contributed by atoms with Gasteiger partial charge in [0.1, 0.15) is 11.3 Å². The average Bonchev–Trinajstić information content (AvgIpc) is 2.50. The Morgan fingerprint density at radius 3 is 2.64 bits per heavy atom. The molecular weight excluding hydrogens is 174 g/mol. The molecule has 0 aliphatic heterocycles. The van der Waals surface area contributed by atoms with Gasteiger partial charge in [-0.1, -0.05) is 13.0 Å². The fourth-order valence-electron chi connectivity index (χ4n) is 1.72. The monoisotopic (exact) mass is 189 g/mol. The summed E-state index contributed by atoms with van der Waals surface area (Å²) >= 11 is 0. The van der Waals surface area contributed by atoms with E-state index in [2.05, 4.69) is 26.8 Å². The van der Waals surface area contributed by atoms with Crippen molar-refractivity contribution >= 4 is 16.7 Å². The third kappa shape index (κ3) is 1.10. The summed E-state index contributed by atoms with van der Waals surface area (Å²) in [4.78, 5) is 0. The molecule has 1 heterocycles. The minimum Gasteiger partial charge on any atom is -0.459 e. The number of anilines is 1. The van der Waals surface area contributed by atoms with Crippen LogP contribution in [0.25, 0.3) is 11.0 Å². The summed E-state index contributed by atoms with van der Waals surface area (Å²) in [6, 6.07) is 4.12. The molecule has 0 atom stereocenters. The van der Waals surface area contributed by atoms with Crippen LogP contribution >= 0.6 is 0 Å². The lowest BCUT2D eigenvalue weighted by atomic mass is 10.1.